The molecule has 0 spiro atoms. The van der Waals surface area contributed by atoms with Crippen LogP contribution in [0, 0.1) is 5.92 Å². The van der Waals surface area contributed by atoms with Crippen molar-refractivity contribution in [2.45, 2.75) is 51.2 Å². The molecule has 4 atom stereocenters. The number of nitrogens with two attached hydrogens (primary N) is 2. The summed E-state index contributed by atoms with van der Waals surface area (Å²) < 4.78 is 0. The number of aromatic nitrogens is 4. The topological polar surface area (TPSA) is 214 Å². The van der Waals surface area contributed by atoms with E-state index in [0.717, 1.165) is 0 Å². The van der Waals surface area contributed by atoms with Crippen molar-refractivity contribution >= 4 is 23.6 Å². The fourth-order valence-electron chi connectivity index (χ4n) is 3.07. The number of amides is 4. The fraction of sp³-hybridized carbons (Fsp3) is 0.500. The lowest BCUT2D eigenvalue weighted by atomic mass is 9.97. The van der Waals surface area contributed by atoms with E-state index in [2.05, 4.69) is 35.9 Å². The zero-order chi connectivity index (χ0) is 24.4. The molecule has 0 aliphatic carbocycles. The summed E-state index contributed by atoms with van der Waals surface area (Å²) in [6.07, 6.45) is 6.92. The summed E-state index contributed by atoms with van der Waals surface area (Å²) in [5.41, 5.74) is 12.4. The average Bonchev–Trinajstić information content (AvgIpc) is 3.48. The summed E-state index contributed by atoms with van der Waals surface area (Å²) in [5, 5.41) is 7.74. The summed E-state index contributed by atoms with van der Waals surface area (Å²) in [6, 6.07) is -2.85. The second-order valence-electron chi connectivity index (χ2n) is 7.79. The Morgan fingerprint density at radius 1 is 0.970 bits per heavy atom. The van der Waals surface area contributed by atoms with Crippen molar-refractivity contribution < 1.29 is 19.2 Å². The number of nitrogens with zero attached hydrogens (tertiary/aromatic N) is 2. The van der Waals surface area contributed by atoms with E-state index in [1.54, 1.807) is 6.20 Å². The number of imidazole rings is 2. The van der Waals surface area contributed by atoms with Crippen molar-refractivity contribution in [3.63, 3.8) is 0 Å². The highest BCUT2D eigenvalue weighted by Gasteiger charge is 2.31. The molecule has 0 aliphatic rings. The molecule has 0 saturated heterocycles. The molecular formula is C20H31N9O4. The lowest BCUT2D eigenvalue weighted by Crippen LogP contribution is -2.58. The molecule has 33 heavy (non-hydrogen) atoms. The van der Waals surface area contributed by atoms with E-state index in [1.165, 1.54) is 18.9 Å². The third kappa shape index (κ3) is 8.03. The van der Waals surface area contributed by atoms with E-state index in [0.29, 0.717) is 17.8 Å². The standard InChI is InChI=1S/C20H31N9O4/c1-3-11(2)17(29-18(31)14(21)4-12-6-23-9-26-12)20(33)28-15(5-13-7-24-10-27-13)19(32)25-8-16(22)30/h6-7,9-11,14-15,17H,3-5,8,21H2,1-2H3,(H2,22,30)(H,23,26)(H,24,27)(H,25,32)(H,28,33)(H,29,31)/t11-,14-,15-,17-/m0/s1. The summed E-state index contributed by atoms with van der Waals surface area (Å²) in [7, 11) is 0. The quantitative estimate of drug-likeness (QED) is 0.176. The highest BCUT2D eigenvalue weighted by atomic mass is 16.2. The molecule has 0 bridgehead atoms. The first kappa shape index (κ1) is 25.5. The number of nitrogens with one attached hydrogen (secondary N) is 5. The number of hydrogen-bond donors (Lipinski definition) is 7. The lowest BCUT2D eigenvalue weighted by molar-refractivity contribution is -0.133. The van der Waals surface area contributed by atoms with Gasteiger partial charge in [0.1, 0.15) is 12.1 Å². The van der Waals surface area contributed by atoms with Gasteiger partial charge < -0.3 is 37.4 Å². The lowest BCUT2D eigenvalue weighted by Gasteiger charge is -2.27. The predicted molar refractivity (Wildman–Crippen MR) is 118 cm³/mol. The number of hydrogen-bond acceptors (Lipinski definition) is 7. The van der Waals surface area contributed by atoms with Gasteiger partial charge in [-0.3, -0.25) is 19.2 Å². The molecule has 2 aromatic heterocycles. The Morgan fingerprint density at radius 3 is 2.09 bits per heavy atom. The second kappa shape index (κ2) is 12.3. The minimum atomic E-state index is -1.03. The number of carbonyl (C=O) groups excluding carboxylic acids is 4. The predicted octanol–water partition coefficient (Wildman–Crippen LogP) is -2.14. The zero-order valence-corrected chi connectivity index (χ0v) is 18.6. The summed E-state index contributed by atoms with van der Waals surface area (Å²) in [6.45, 7) is 3.31. The van der Waals surface area contributed by atoms with E-state index < -0.39 is 41.8 Å². The van der Waals surface area contributed by atoms with Crippen molar-refractivity contribution in [3.8, 4) is 0 Å². The number of primary amides is 1. The van der Waals surface area contributed by atoms with Gasteiger partial charge in [-0.1, -0.05) is 20.3 Å². The van der Waals surface area contributed by atoms with Crippen LogP contribution in [0.1, 0.15) is 31.7 Å². The van der Waals surface area contributed by atoms with E-state index in [-0.39, 0.29) is 25.3 Å². The van der Waals surface area contributed by atoms with Gasteiger partial charge >= 0.3 is 0 Å². The first-order valence-corrected chi connectivity index (χ1v) is 10.6. The van der Waals surface area contributed by atoms with Gasteiger partial charge in [-0.25, -0.2) is 9.97 Å². The van der Waals surface area contributed by atoms with Crippen LogP contribution in [0.4, 0.5) is 0 Å². The minimum absolute atomic E-state index is 0.0941. The zero-order valence-electron chi connectivity index (χ0n) is 18.6. The van der Waals surface area contributed by atoms with Crippen LogP contribution in [0.5, 0.6) is 0 Å². The molecule has 2 heterocycles. The Kier molecular flexibility index (Phi) is 9.54. The third-order valence-corrected chi connectivity index (χ3v) is 5.17. The van der Waals surface area contributed by atoms with Gasteiger partial charge in [0.15, 0.2) is 0 Å². The number of aromatic amines is 2. The average molecular weight is 462 g/mol. The Labute approximate surface area is 190 Å². The molecule has 0 aromatic carbocycles. The molecule has 13 heteroatoms. The van der Waals surface area contributed by atoms with Crippen LogP contribution in [-0.4, -0.2) is 68.2 Å². The highest BCUT2D eigenvalue weighted by Crippen LogP contribution is 2.10. The van der Waals surface area contributed by atoms with Gasteiger partial charge in [-0.05, 0) is 5.92 Å². The van der Waals surface area contributed by atoms with Gasteiger partial charge in [0, 0.05) is 36.6 Å². The maximum atomic E-state index is 13.1. The summed E-state index contributed by atoms with van der Waals surface area (Å²) in [5.74, 6) is -2.61. The van der Waals surface area contributed by atoms with Gasteiger partial charge in [-0.15, -0.1) is 0 Å². The molecule has 9 N–H and O–H groups in total. The molecular weight excluding hydrogens is 430 g/mol. The van der Waals surface area contributed by atoms with Gasteiger partial charge in [-0.2, -0.15) is 0 Å². The van der Waals surface area contributed by atoms with Gasteiger partial charge in [0.05, 0.1) is 25.2 Å². The van der Waals surface area contributed by atoms with Crippen molar-refractivity contribution in [1.29, 1.82) is 0 Å². The maximum absolute atomic E-state index is 13.1. The van der Waals surface area contributed by atoms with Crippen LogP contribution in [0.25, 0.3) is 0 Å². The first-order chi connectivity index (χ1) is 15.7. The molecule has 2 rings (SSSR count). The number of rotatable bonds is 13. The molecule has 0 saturated carbocycles. The van der Waals surface area contributed by atoms with Crippen LogP contribution >= 0.6 is 0 Å². The molecule has 4 amide bonds. The monoisotopic (exact) mass is 461 g/mol. The molecule has 2 aromatic rings. The van der Waals surface area contributed by atoms with Gasteiger partial charge in [0.2, 0.25) is 23.6 Å². The van der Waals surface area contributed by atoms with Crippen molar-refractivity contribution in [3.05, 3.63) is 36.4 Å². The van der Waals surface area contributed by atoms with Crippen LogP contribution in [-0.2, 0) is 32.0 Å². The van der Waals surface area contributed by atoms with Crippen LogP contribution < -0.4 is 27.4 Å². The Bertz CT molecular complexity index is 914. The molecule has 0 aliphatic heterocycles. The second-order valence-corrected chi connectivity index (χ2v) is 7.79. The third-order valence-electron chi connectivity index (χ3n) is 5.17. The van der Waals surface area contributed by atoms with E-state index in [9.17, 15) is 19.2 Å². The largest absolute Gasteiger partial charge is 0.368 e. The Morgan fingerprint density at radius 2 is 1.58 bits per heavy atom. The fourth-order valence-corrected chi connectivity index (χ4v) is 3.07. The Balaban J connectivity index is 2.10. The van der Waals surface area contributed by atoms with E-state index in [1.807, 2.05) is 13.8 Å². The van der Waals surface area contributed by atoms with Crippen molar-refractivity contribution in [1.82, 2.24) is 35.9 Å². The highest BCUT2D eigenvalue weighted by molar-refractivity contribution is 5.94. The maximum Gasteiger partial charge on any atom is 0.243 e. The normalized spacial score (nSPS) is 14.5. The van der Waals surface area contributed by atoms with Crippen LogP contribution in [0.2, 0.25) is 0 Å². The number of carbonyl (C=O) groups is 4. The smallest absolute Gasteiger partial charge is 0.243 e. The number of H-pyrrole nitrogens is 2. The molecule has 0 unspecified atom stereocenters. The first-order valence-electron chi connectivity index (χ1n) is 10.6. The summed E-state index contributed by atoms with van der Waals surface area (Å²) in [4.78, 5) is 62.9. The molecule has 13 nitrogen and oxygen atoms in total. The summed E-state index contributed by atoms with van der Waals surface area (Å²) >= 11 is 0. The van der Waals surface area contributed by atoms with E-state index >= 15 is 0 Å². The van der Waals surface area contributed by atoms with Crippen LogP contribution in [0.3, 0.4) is 0 Å². The molecule has 0 radical (unpaired) electrons. The van der Waals surface area contributed by atoms with Crippen LogP contribution in [0.15, 0.2) is 25.0 Å². The molecule has 180 valence electrons. The molecule has 0 fully saturated rings. The minimum Gasteiger partial charge on any atom is -0.368 e. The van der Waals surface area contributed by atoms with Crippen molar-refractivity contribution in [2.24, 2.45) is 17.4 Å². The Hall–Kier alpha value is -3.74. The van der Waals surface area contributed by atoms with Gasteiger partial charge in [0.25, 0.3) is 0 Å². The van der Waals surface area contributed by atoms with E-state index in [4.69, 9.17) is 11.5 Å². The SMILES string of the molecule is CC[C@H](C)[C@H](NC(=O)[C@@H](N)Cc1cnc[nH]1)C(=O)N[C@@H](Cc1cnc[nH]1)C(=O)NCC(N)=O. The van der Waals surface area contributed by atoms with Crippen molar-refractivity contribution in [2.75, 3.05) is 6.54 Å².